The molecule has 1 heterocycles. The number of thioether (sulfide) groups is 1. The second-order valence-electron chi connectivity index (χ2n) is 5.02. The van der Waals surface area contributed by atoms with Crippen molar-refractivity contribution in [3.05, 3.63) is 54.6 Å². The number of imide groups is 1. The zero-order valence-electron chi connectivity index (χ0n) is 12.9. The number of aromatic nitrogens is 1. The van der Waals surface area contributed by atoms with Gasteiger partial charge in [-0.1, -0.05) is 42.1 Å². The van der Waals surface area contributed by atoms with Crippen LogP contribution in [0.3, 0.4) is 0 Å². The van der Waals surface area contributed by atoms with Crippen LogP contribution in [0.4, 0.5) is 10.5 Å². The van der Waals surface area contributed by atoms with Gasteiger partial charge in [0.1, 0.15) is 5.52 Å². The van der Waals surface area contributed by atoms with E-state index in [-0.39, 0.29) is 0 Å². The SMILES string of the molecule is CC(Sc1nc2ccccc2o1)C(=O)NC(=O)Nc1ccccc1. The van der Waals surface area contributed by atoms with Crippen LogP contribution in [0, 0.1) is 0 Å². The fourth-order valence-electron chi connectivity index (χ4n) is 2.00. The molecule has 2 aromatic carbocycles. The number of nitrogens with zero attached hydrogens (tertiary/aromatic N) is 1. The van der Waals surface area contributed by atoms with E-state index in [4.69, 9.17) is 4.42 Å². The second kappa shape index (κ2) is 7.18. The topological polar surface area (TPSA) is 84.2 Å². The van der Waals surface area contributed by atoms with Crippen LogP contribution in [-0.2, 0) is 4.79 Å². The van der Waals surface area contributed by atoms with Gasteiger partial charge in [0.25, 0.3) is 5.22 Å². The highest BCUT2D eigenvalue weighted by Gasteiger charge is 2.20. The number of rotatable bonds is 4. The van der Waals surface area contributed by atoms with Gasteiger partial charge in [-0.15, -0.1) is 0 Å². The van der Waals surface area contributed by atoms with Gasteiger partial charge in [-0.05, 0) is 31.2 Å². The number of benzene rings is 2. The monoisotopic (exact) mass is 341 g/mol. The predicted octanol–water partition coefficient (Wildman–Crippen LogP) is 3.66. The van der Waals surface area contributed by atoms with Crippen molar-refractivity contribution in [2.75, 3.05) is 5.32 Å². The molecule has 1 atom stereocenters. The summed E-state index contributed by atoms with van der Waals surface area (Å²) in [5.74, 6) is -0.421. The van der Waals surface area contributed by atoms with Gasteiger partial charge in [0.2, 0.25) is 5.91 Å². The quantitative estimate of drug-likeness (QED) is 0.708. The summed E-state index contributed by atoms with van der Waals surface area (Å²) in [6, 6.07) is 15.7. The molecule has 6 nitrogen and oxygen atoms in total. The van der Waals surface area contributed by atoms with Crippen LogP contribution in [0.15, 0.2) is 64.2 Å². The van der Waals surface area contributed by atoms with E-state index in [9.17, 15) is 9.59 Å². The van der Waals surface area contributed by atoms with E-state index in [0.717, 1.165) is 17.3 Å². The molecule has 122 valence electrons. The summed E-state index contributed by atoms with van der Waals surface area (Å²) in [5, 5.41) is 4.76. The first kappa shape index (κ1) is 16.1. The molecule has 3 aromatic rings. The van der Waals surface area contributed by atoms with Gasteiger partial charge >= 0.3 is 6.03 Å². The highest BCUT2D eigenvalue weighted by Crippen LogP contribution is 2.26. The second-order valence-corrected chi connectivity index (χ2v) is 6.31. The number of oxazole rings is 1. The van der Waals surface area contributed by atoms with Crippen molar-refractivity contribution in [2.45, 2.75) is 17.4 Å². The summed E-state index contributed by atoms with van der Waals surface area (Å²) < 4.78 is 5.56. The Morgan fingerprint density at radius 1 is 1.08 bits per heavy atom. The van der Waals surface area contributed by atoms with Crippen LogP contribution in [0.25, 0.3) is 11.1 Å². The van der Waals surface area contributed by atoms with Crippen LogP contribution >= 0.6 is 11.8 Å². The lowest BCUT2D eigenvalue weighted by Crippen LogP contribution is -2.38. The molecule has 1 unspecified atom stereocenters. The number of nitrogens with one attached hydrogen (secondary N) is 2. The smallest absolute Gasteiger partial charge is 0.325 e. The molecule has 3 rings (SSSR count). The molecule has 0 fully saturated rings. The normalized spacial score (nSPS) is 11.9. The number of urea groups is 1. The lowest BCUT2D eigenvalue weighted by atomic mass is 10.3. The fraction of sp³-hybridized carbons (Fsp3) is 0.118. The molecule has 0 bridgehead atoms. The van der Waals surface area contributed by atoms with Crippen molar-refractivity contribution in [1.82, 2.24) is 10.3 Å². The third-order valence-corrected chi connectivity index (χ3v) is 4.13. The maximum Gasteiger partial charge on any atom is 0.325 e. The average molecular weight is 341 g/mol. The van der Waals surface area contributed by atoms with Crippen molar-refractivity contribution in [2.24, 2.45) is 0 Å². The van der Waals surface area contributed by atoms with E-state index in [1.54, 1.807) is 31.2 Å². The van der Waals surface area contributed by atoms with E-state index < -0.39 is 17.2 Å². The number of amides is 3. The number of hydrogen-bond acceptors (Lipinski definition) is 5. The lowest BCUT2D eigenvalue weighted by molar-refractivity contribution is -0.119. The molecule has 2 N–H and O–H groups in total. The molecule has 3 amide bonds. The highest BCUT2D eigenvalue weighted by atomic mass is 32.2. The third kappa shape index (κ3) is 3.94. The first-order chi connectivity index (χ1) is 11.6. The molecule has 0 aliphatic rings. The number of anilines is 1. The Morgan fingerprint density at radius 2 is 1.79 bits per heavy atom. The number of fused-ring (bicyclic) bond motifs is 1. The molecule has 0 radical (unpaired) electrons. The average Bonchev–Trinajstić information content (AvgIpc) is 2.97. The van der Waals surface area contributed by atoms with Crippen molar-refractivity contribution in [1.29, 1.82) is 0 Å². The maximum absolute atomic E-state index is 12.1. The Balaban J connectivity index is 1.57. The summed E-state index contributed by atoms with van der Waals surface area (Å²) in [6.45, 7) is 1.69. The molecule has 0 saturated carbocycles. The Bertz CT molecular complexity index is 831. The minimum Gasteiger partial charge on any atom is -0.431 e. The maximum atomic E-state index is 12.1. The van der Waals surface area contributed by atoms with E-state index in [0.29, 0.717) is 16.5 Å². The van der Waals surface area contributed by atoms with Gasteiger partial charge in [0, 0.05) is 5.69 Å². The van der Waals surface area contributed by atoms with Crippen molar-refractivity contribution in [3.63, 3.8) is 0 Å². The molecular formula is C17H15N3O3S. The van der Waals surface area contributed by atoms with Gasteiger partial charge in [-0.2, -0.15) is 0 Å². The van der Waals surface area contributed by atoms with Crippen molar-refractivity contribution < 1.29 is 14.0 Å². The summed E-state index contributed by atoms with van der Waals surface area (Å²) in [5.41, 5.74) is 2.01. The summed E-state index contributed by atoms with van der Waals surface area (Å²) in [4.78, 5) is 28.2. The lowest BCUT2D eigenvalue weighted by Gasteiger charge is -2.10. The molecule has 1 aromatic heterocycles. The number of carbonyl (C=O) groups excluding carboxylic acids is 2. The van der Waals surface area contributed by atoms with Crippen LogP contribution < -0.4 is 10.6 Å². The highest BCUT2D eigenvalue weighted by molar-refractivity contribution is 8.00. The molecule has 7 heteroatoms. The van der Waals surface area contributed by atoms with Gasteiger partial charge in [0.05, 0.1) is 5.25 Å². The molecule has 0 spiro atoms. The zero-order chi connectivity index (χ0) is 16.9. The minimum atomic E-state index is -0.573. The molecular weight excluding hydrogens is 326 g/mol. The standard InChI is InChI=1S/C17H15N3O3S/c1-11(24-17-19-13-9-5-6-10-14(13)23-17)15(21)20-16(22)18-12-7-3-2-4-8-12/h2-11H,1H3,(H2,18,20,21,22). The van der Waals surface area contributed by atoms with Crippen LogP contribution in [-0.4, -0.2) is 22.2 Å². The zero-order valence-corrected chi connectivity index (χ0v) is 13.7. The Hall–Kier alpha value is -2.80. The van der Waals surface area contributed by atoms with Gasteiger partial charge < -0.3 is 9.73 Å². The van der Waals surface area contributed by atoms with Gasteiger partial charge in [-0.3, -0.25) is 10.1 Å². The minimum absolute atomic E-state index is 0.391. The van der Waals surface area contributed by atoms with Gasteiger partial charge in [0.15, 0.2) is 5.58 Å². The first-order valence-electron chi connectivity index (χ1n) is 7.31. The van der Waals surface area contributed by atoms with E-state index in [1.807, 2.05) is 30.3 Å². The summed E-state index contributed by atoms with van der Waals surface area (Å²) >= 11 is 1.16. The summed E-state index contributed by atoms with van der Waals surface area (Å²) in [6.07, 6.45) is 0. The largest absolute Gasteiger partial charge is 0.431 e. The summed E-state index contributed by atoms with van der Waals surface area (Å²) in [7, 11) is 0. The van der Waals surface area contributed by atoms with Crippen LogP contribution in [0.2, 0.25) is 0 Å². The van der Waals surface area contributed by atoms with E-state index in [1.165, 1.54) is 0 Å². The van der Waals surface area contributed by atoms with E-state index in [2.05, 4.69) is 15.6 Å². The predicted molar refractivity (Wildman–Crippen MR) is 92.9 cm³/mol. The number of para-hydroxylation sites is 3. The number of hydrogen-bond donors (Lipinski definition) is 2. The van der Waals surface area contributed by atoms with E-state index >= 15 is 0 Å². The first-order valence-corrected chi connectivity index (χ1v) is 8.19. The van der Waals surface area contributed by atoms with Gasteiger partial charge in [-0.25, -0.2) is 9.78 Å². The number of carbonyl (C=O) groups is 2. The van der Waals surface area contributed by atoms with Crippen LogP contribution in [0.5, 0.6) is 0 Å². The van der Waals surface area contributed by atoms with Crippen LogP contribution in [0.1, 0.15) is 6.92 Å². The van der Waals surface area contributed by atoms with Crippen molar-refractivity contribution >= 4 is 40.5 Å². The molecule has 0 aliphatic carbocycles. The Labute approximate surface area is 142 Å². The molecule has 0 saturated heterocycles. The Kier molecular flexibility index (Phi) is 4.81. The fourth-order valence-corrected chi connectivity index (χ4v) is 2.76. The Morgan fingerprint density at radius 3 is 2.54 bits per heavy atom. The molecule has 0 aliphatic heterocycles. The van der Waals surface area contributed by atoms with Crippen molar-refractivity contribution in [3.8, 4) is 0 Å². The molecule has 24 heavy (non-hydrogen) atoms. The third-order valence-electron chi connectivity index (χ3n) is 3.19.